The van der Waals surface area contributed by atoms with Crippen LogP contribution >= 0.6 is 11.6 Å². The third kappa shape index (κ3) is 5.83. The Labute approximate surface area is 119 Å². The monoisotopic (exact) mass is 284 g/mol. The Kier molecular flexibility index (Phi) is 7.11. The molecule has 0 bridgehead atoms. The third-order valence-corrected chi connectivity index (χ3v) is 2.98. The van der Waals surface area contributed by atoms with Crippen LogP contribution < -0.4 is 15.4 Å². The number of nitrogens with one attached hydrogen (secondary N) is 2. The van der Waals surface area contributed by atoms with E-state index in [4.69, 9.17) is 16.3 Å². The highest BCUT2D eigenvalue weighted by atomic mass is 35.5. The molecule has 0 saturated carbocycles. The molecule has 1 rings (SSSR count). The number of halogens is 1. The lowest BCUT2D eigenvalue weighted by molar-refractivity contribution is -0.120. The summed E-state index contributed by atoms with van der Waals surface area (Å²) in [6.45, 7) is 3.44. The zero-order valence-electron chi connectivity index (χ0n) is 11.5. The predicted molar refractivity (Wildman–Crippen MR) is 79.0 cm³/mol. The molecule has 0 aliphatic rings. The fraction of sp³-hybridized carbons (Fsp3) is 0.500. The summed E-state index contributed by atoms with van der Waals surface area (Å²) < 4.78 is 5.07. The summed E-state index contributed by atoms with van der Waals surface area (Å²) in [5.74, 6) is 0.713. The van der Waals surface area contributed by atoms with Gasteiger partial charge in [0, 0.05) is 25.2 Å². The SMILES string of the molecule is CCCCNC(=O)CCNc1ccc(OC)c(Cl)c1. The van der Waals surface area contributed by atoms with E-state index >= 15 is 0 Å². The van der Waals surface area contributed by atoms with Crippen LogP contribution in [0, 0.1) is 0 Å². The van der Waals surface area contributed by atoms with Crippen LogP contribution in [0.1, 0.15) is 26.2 Å². The lowest BCUT2D eigenvalue weighted by Crippen LogP contribution is -2.26. The number of methoxy groups -OCH3 is 1. The second-order valence-corrected chi connectivity index (χ2v) is 4.64. The number of rotatable bonds is 8. The first-order valence-corrected chi connectivity index (χ1v) is 6.89. The van der Waals surface area contributed by atoms with Gasteiger partial charge >= 0.3 is 0 Å². The number of carbonyl (C=O) groups excluding carboxylic acids is 1. The van der Waals surface area contributed by atoms with Gasteiger partial charge in [-0.1, -0.05) is 24.9 Å². The average molecular weight is 285 g/mol. The van der Waals surface area contributed by atoms with Gasteiger partial charge in [-0.2, -0.15) is 0 Å². The number of ether oxygens (including phenoxy) is 1. The summed E-state index contributed by atoms with van der Waals surface area (Å²) in [5, 5.41) is 6.59. The molecule has 0 spiro atoms. The highest BCUT2D eigenvalue weighted by Gasteiger charge is 2.03. The molecule has 19 heavy (non-hydrogen) atoms. The van der Waals surface area contributed by atoms with Crippen molar-refractivity contribution in [3.8, 4) is 5.75 Å². The number of unbranched alkanes of at least 4 members (excludes halogenated alkanes) is 1. The van der Waals surface area contributed by atoms with E-state index in [0.29, 0.717) is 23.7 Å². The van der Waals surface area contributed by atoms with Gasteiger partial charge in [0.25, 0.3) is 0 Å². The Morgan fingerprint density at radius 3 is 2.79 bits per heavy atom. The molecule has 0 saturated heterocycles. The van der Waals surface area contributed by atoms with Gasteiger partial charge in [-0.25, -0.2) is 0 Å². The zero-order valence-corrected chi connectivity index (χ0v) is 12.2. The van der Waals surface area contributed by atoms with Gasteiger partial charge in [-0.15, -0.1) is 0 Å². The van der Waals surface area contributed by atoms with E-state index in [1.54, 1.807) is 19.2 Å². The van der Waals surface area contributed by atoms with Crippen molar-refractivity contribution in [2.75, 3.05) is 25.5 Å². The summed E-state index contributed by atoms with van der Waals surface area (Å²) >= 11 is 6.01. The molecular weight excluding hydrogens is 264 g/mol. The molecule has 0 aliphatic heterocycles. The summed E-state index contributed by atoms with van der Waals surface area (Å²) in [4.78, 5) is 11.5. The van der Waals surface area contributed by atoms with E-state index < -0.39 is 0 Å². The molecule has 1 aromatic carbocycles. The summed E-state index contributed by atoms with van der Waals surface area (Å²) in [6, 6.07) is 5.46. The minimum Gasteiger partial charge on any atom is -0.495 e. The van der Waals surface area contributed by atoms with Crippen molar-refractivity contribution in [2.24, 2.45) is 0 Å². The number of amides is 1. The van der Waals surface area contributed by atoms with Gasteiger partial charge in [-0.3, -0.25) is 4.79 Å². The van der Waals surface area contributed by atoms with Crippen LogP contribution in [-0.4, -0.2) is 26.1 Å². The molecule has 4 nitrogen and oxygen atoms in total. The van der Waals surface area contributed by atoms with Crippen LogP contribution in [0.4, 0.5) is 5.69 Å². The number of carbonyl (C=O) groups is 1. The highest BCUT2D eigenvalue weighted by molar-refractivity contribution is 6.32. The van der Waals surface area contributed by atoms with Gasteiger partial charge in [0.05, 0.1) is 12.1 Å². The maximum Gasteiger partial charge on any atom is 0.221 e. The first-order valence-electron chi connectivity index (χ1n) is 6.51. The lowest BCUT2D eigenvalue weighted by Gasteiger charge is -2.09. The maximum atomic E-state index is 11.5. The van der Waals surface area contributed by atoms with E-state index in [1.165, 1.54) is 0 Å². The minimum absolute atomic E-state index is 0.0700. The third-order valence-electron chi connectivity index (χ3n) is 2.69. The van der Waals surface area contributed by atoms with E-state index in [2.05, 4.69) is 17.6 Å². The number of hydrogen-bond donors (Lipinski definition) is 2. The van der Waals surface area contributed by atoms with Crippen molar-refractivity contribution in [3.05, 3.63) is 23.2 Å². The average Bonchev–Trinajstić information content (AvgIpc) is 2.39. The van der Waals surface area contributed by atoms with Gasteiger partial charge in [0.15, 0.2) is 0 Å². The molecule has 5 heteroatoms. The molecule has 0 radical (unpaired) electrons. The maximum absolute atomic E-state index is 11.5. The molecule has 106 valence electrons. The van der Waals surface area contributed by atoms with Gasteiger partial charge in [0.2, 0.25) is 5.91 Å². The molecule has 1 amide bonds. The topological polar surface area (TPSA) is 50.4 Å². The van der Waals surface area contributed by atoms with Crippen LogP contribution in [-0.2, 0) is 4.79 Å². The Morgan fingerprint density at radius 2 is 2.16 bits per heavy atom. The molecule has 0 aromatic heterocycles. The quantitative estimate of drug-likeness (QED) is 0.721. The number of hydrogen-bond acceptors (Lipinski definition) is 3. The largest absolute Gasteiger partial charge is 0.495 e. The minimum atomic E-state index is 0.0700. The molecular formula is C14H21ClN2O2. The summed E-state index contributed by atoms with van der Waals surface area (Å²) in [6.07, 6.45) is 2.56. The smallest absolute Gasteiger partial charge is 0.221 e. The normalized spacial score (nSPS) is 10.1. The molecule has 1 aromatic rings. The second kappa shape index (κ2) is 8.64. The van der Waals surface area contributed by atoms with Crippen molar-refractivity contribution >= 4 is 23.2 Å². The van der Waals surface area contributed by atoms with Crippen LogP contribution in [0.15, 0.2) is 18.2 Å². The number of anilines is 1. The molecule has 0 heterocycles. The second-order valence-electron chi connectivity index (χ2n) is 4.23. The predicted octanol–water partition coefficient (Wildman–Crippen LogP) is 3.07. The fourth-order valence-electron chi connectivity index (χ4n) is 1.59. The van der Waals surface area contributed by atoms with Gasteiger partial charge < -0.3 is 15.4 Å². The number of benzene rings is 1. The van der Waals surface area contributed by atoms with Crippen molar-refractivity contribution in [2.45, 2.75) is 26.2 Å². The van der Waals surface area contributed by atoms with E-state index in [1.807, 2.05) is 6.07 Å². The van der Waals surface area contributed by atoms with E-state index in [0.717, 1.165) is 25.1 Å². The van der Waals surface area contributed by atoms with Crippen molar-refractivity contribution in [1.82, 2.24) is 5.32 Å². The molecule has 0 aliphatic carbocycles. The first kappa shape index (κ1) is 15.6. The fourth-order valence-corrected chi connectivity index (χ4v) is 1.85. The molecule has 2 N–H and O–H groups in total. The Morgan fingerprint density at radius 1 is 1.37 bits per heavy atom. The van der Waals surface area contributed by atoms with Crippen molar-refractivity contribution in [1.29, 1.82) is 0 Å². The van der Waals surface area contributed by atoms with Crippen molar-refractivity contribution < 1.29 is 9.53 Å². The Balaban J connectivity index is 2.29. The standard InChI is InChI=1S/C14H21ClN2O2/c1-3-4-8-17-14(18)7-9-16-11-5-6-13(19-2)12(15)10-11/h5-6,10,16H,3-4,7-9H2,1-2H3,(H,17,18). The lowest BCUT2D eigenvalue weighted by atomic mass is 10.3. The van der Waals surface area contributed by atoms with Gasteiger partial charge in [-0.05, 0) is 24.6 Å². The van der Waals surface area contributed by atoms with Crippen LogP contribution in [0.25, 0.3) is 0 Å². The summed E-state index contributed by atoms with van der Waals surface area (Å²) in [7, 11) is 1.58. The van der Waals surface area contributed by atoms with Crippen LogP contribution in [0.5, 0.6) is 5.75 Å². The van der Waals surface area contributed by atoms with Crippen molar-refractivity contribution in [3.63, 3.8) is 0 Å². The zero-order chi connectivity index (χ0) is 14.1. The van der Waals surface area contributed by atoms with E-state index in [9.17, 15) is 4.79 Å². The molecule has 0 atom stereocenters. The highest BCUT2D eigenvalue weighted by Crippen LogP contribution is 2.26. The van der Waals surface area contributed by atoms with E-state index in [-0.39, 0.29) is 5.91 Å². The Bertz CT molecular complexity index is 410. The summed E-state index contributed by atoms with van der Waals surface area (Å²) in [5.41, 5.74) is 0.882. The van der Waals surface area contributed by atoms with Crippen LogP contribution in [0.2, 0.25) is 5.02 Å². The van der Waals surface area contributed by atoms with Gasteiger partial charge in [0.1, 0.15) is 5.75 Å². The molecule has 0 fully saturated rings. The van der Waals surface area contributed by atoms with Crippen LogP contribution in [0.3, 0.4) is 0 Å². The first-order chi connectivity index (χ1) is 9.17. The molecule has 0 unspecified atom stereocenters. The Hall–Kier alpha value is -1.42.